The minimum atomic E-state index is -0.0625. The molecule has 0 heterocycles. The second-order valence-electron chi connectivity index (χ2n) is 3.16. The van der Waals surface area contributed by atoms with Gasteiger partial charge in [0, 0.05) is 0 Å². The van der Waals surface area contributed by atoms with Crippen molar-refractivity contribution in [1.29, 1.82) is 0 Å². The van der Waals surface area contributed by atoms with E-state index in [4.69, 9.17) is 0 Å². The van der Waals surface area contributed by atoms with Crippen LogP contribution in [0.5, 0.6) is 0 Å². The zero-order valence-electron chi connectivity index (χ0n) is 9.36. The Kier molecular flexibility index (Phi) is 14.8. The average Bonchev–Trinajstić information content (AvgIpc) is 1.79. The van der Waals surface area contributed by atoms with Crippen molar-refractivity contribution < 1.29 is 35.7 Å². The molecular formula is C10H16NiO4+2. The van der Waals surface area contributed by atoms with Crippen LogP contribution >= 0.6 is 0 Å². The molecule has 0 aromatic rings. The van der Waals surface area contributed by atoms with E-state index in [1.165, 1.54) is 27.7 Å². The van der Waals surface area contributed by atoms with E-state index in [9.17, 15) is 19.2 Å². The molecule has 0 aromatic heterocycles. The summed E-state index contributed by atoms with van der Waals surface area (Å²) in [7, 11) is 0. The molecule has 0 bridgehead atoms. The largest absolute Gasteiger partial charge is 2.00 e. The van der Waals surface area contributed by atoms with Crippen LogP contribution in [0, 0.1) is 0 Å². The second kappa shape index (κ2) is 11.2. The molecule has 0 unspecified atom stereocenters. The van der Waals surface area contributed by atoms with E-state index < -0.39 is 0 Å². The van der Waals surface area contributed by atoms with E-state index in [1.54, 1.807) is 0 Å². The van der Waals surface area contributed by atoms with Crippen molar-refractivity contribution in [3.05, 3.63) is 0 Å². The quantitative estimate of drug-likeness (QED) is 0.560. The van der Waals surface area contributed by atoms with Crippen LogP contribution in [0.4, 0.5) is 0 Å². The normalized spacial score (nSPS) is 7.73. The van der Waals surface area contributed by atoms with Crippen LogP contribution in [0.2, 0.25) is 0 Å². The van der Waals surface area contributed by atoms with Crippen LogP contribution in [-0.2, 0) is 35.7 Å². The first-order valence-corrected chi connectivity index (χ1v) is 4.23. The fraction of sp³-hybridized carbons (Fsp3) is 0.600. The molecule has 88 valence electrons. The molecule has 0 aliphatic heterocycles. The molecule has 5 heteroatoms. The van der Waals surface area contributed by atoms with Crippen LogP contribution in [-0.4, -0.2) is 23.1 Å². The van der Waals surface area contributed by atoms with E-state index in [1.807, 2.05) is 0 Å². The number of hydrogen-bond donors (Lipinski definition) is 0. The molecule has 0 N–H and O–H groups in total. The average molecular weight is 259 g/mol. The van der Waals surface area contributed by atoms with Crippen molar-refractivity contribution in [2.45, 2.75) is 40.5 Å². The second-order valence-corrected chi connectivity index (χ2v) is 3.16. The Morgan fingerprint density at radius 2 is 0.733 bits per heavy atom. The molecule has 0 saturated heterocycles. The molecular weight excluding hydrogens is 243 g/mol. The third-order valence-electron chi connectivity index (χ3n) is 0.996. The zero-order chi connectivity index (χ0) is 11.7. The smallest absolute Gasteiger partial charge is 0.300 e. The number of carbonyl (C=O) groups excluding carboxylic acids is 4. The molecule has 15 heavy (non-hydrogen) atoms. The van der Waals surface area contributed by atoms with Gasteiger partial charge in [0.1, 0.15) is 23.1 Å². The summed E-state index contributed by atoms with van der Waals surface area (Å²) in [6.07, 6.45) is 0.167. The van der Waals surface area contributed by atoms with E-state index in [-0.39, 0.29) is 52.5 Å². The summed E-state index contributed by atoms with van der Waals surface area (Å²) in [5.41, 5.74) is 0. The number of Topliss-reactive ketones (excluding diaryl/α,β-unsaturated/α-hetero) is 4. The number of ketones is 4. The fourth-order valence-corrected chi connectivity index (χ4v) is 0.701. The number of carbonyl (C=O) groups is 4. The first-order valence-electron chi connectivity index (χ1n) is 4.23. The van der Waals surface area contributed by atoms with Crippen LogP contribution in [0.3, 0.4) is 0 Å². The topological polar surface area (TPSA) is 68.3 Å². The molecule has 0 fully saturated rings. The maximum Gasteiger partial charge on any atom is 2.00 e. The van der Waals surface area contributed by atoms with Gasteiger partial charge in [0.25, 0.3) is 0 Å². The van der Waals surface area contributed by atoms with Crippen molar-refractivity contribution in [3.63, 3.8) is 0 Å². The standard InChI is InChI=1S/2C5H8O2.Ni/c2*1-4(6)3-5(2)7;/h2*3H2,1-2H3;/q;;+2. The summed E-state index contributed by atoms with van der Waals surface area (Å²) in [4.78, 5) is 40.1. The van der Waals surface area contributed by atoms with Gasteiger partial charge in [-0.1, -0.05) is 0 Å². The zero-order valence-corrected chi connectivity index (χ0v) is 10.4. The Bertz CT molecular complexity index is 196. The van der Waals surface area contributed by atoms with Crippen molar-refractivity contribution in [2.24, 2.45) is 0 Å². The van der Waals surface area contributed by atoms with Gasteiger partial charge in [-0.15, -0.1) is 0 Å². The van der Waals surface area contributed by atoms with Gasteiger partial charge >= 0.3 is 16.5 Å². The van der Waals surface area contributed by atoms with Gasteiger partial charge in [-0.2, -0.15) is 0 Å². The third-order valence-corrected chi connectivity index (χ3v) is 0.996. The molecule has 0 atom stereocenters. The van der Waals surface area contributed by atoms with Gasteiger partial charge in [0.05, 0.1) is 12.8 Å². The molecule has 0 saturated carbocycles. The van der Waals surface area contributed by atoms with Crippen LogP contribution < -0.4 is 0 Å². The summed E-state index contributed by atoms with van der Waals surface area (Å²) in [5, 5.41) is 0. The van der Waals surface area contributed by atoms with Crippen LogP contribution in [0.25, 0.3) is 0 Å². The first kappa shape index (κ1) is 19.7. The van der Waals surface area contributed by atoms with E-state index in [0.717, 1.165) is 0 Å². The number of hydrogen-bond acceptors (Lipinski definition) is 4. The van der Waals surface area contributed by atoms with Crippen molar-refractivity contribution >= 4 is 23.1 Å². The van der Waals surface area contributed by atoms with E-state index >= 15 is 0 Å². The predicted molar refractivity (Wildman–Crippen MR) is 52.0 cm³/mol. The maximum atomic E-state index is 10.0. The Morgan fingerprint density at radius 3 is 0.733 bits per heavy atom. The van der Waals surface area contributed by atoms with Gasteiger partial charge in [0.15, 0.2) is 0 Å². The molecule has 0 aromatic carbocycles. The third kappa shape index (κ3) is 32.0. The molecule has 0 aliphatic rings. The summed E-state index contributed by atoms with van der Waals surface area (Å²) < 4.78 is 0. The Hall–Kier alpha value is -0.826. The maximum absolute atomic E-state index is 10.0. The Labute approximate surface area is 99.7 Å². The summed E-state index contributed by atoms with van der Waals surface area (Å²) >= 11 is 0. The van der Waals surface area contributed by atoms with Crippen molar-refractivity contribution in [3.8, 4) is 0 Å². The van der Waals surface area contributed by atoms with Gasteiger partial charge in [-0.3, -0.25) is 19.2 Å². The SMILES string of the molecule is CC(=O)CC(C)=O.CC(=O)CC(C)=O.[Ni+2]. The minimum Gasteiger partial charge on any atom is -0.300 e. The van der Waals surface area contributed by atoms with E-state index in [0.29, 0.717) is 0 Å². The molecule has 4 nitrogen and oxygen atoms in total. The minimum absolute atomic E-state index is 0. The van der Waals surface area contributed by atoms with Gasteiger partial charge in [-0.05, 0) is 27.7 Å². The van der Waals surface area contributed by atoms with Crippen LogP contribution in [0.15, 0.2) is 0 Å². The van der Waals surface area contributed by atoms with E-state index in [2.05, 4.69) is 0 Å². The Morgan fingerprint density at radius 1 is 0.600 bits per heavy atom. The molecule has 0 rings (SSSR count). The van der Waals surface area contributed by atoms with Gasteiger partial charge in [0.2, 0.25) is 0 Å². The first-order chi connectivity index (χ1) is 6.25. The van der Waals surface area contributed by atoms with Crippen molar-refractivity contribution in [2.75, 3.05) is 0 Å². The van der Waals surface area contributed by atoms with Crippen molar-refractivity contribution in [1.82, 2.24) is 0 Å². The molecule has 0 spiro atoms. The molecule has 0 radical (unpaired) electrons. The molecule has 0 aliphatic carbocycles. The monoisotopic (exact) mass is 258 g/mol. The molecule has 0 amide bonds. The summed E-state index contributed by atoms with van der Waals surface area (Å²) in [6, 6.07) is 0. The number of rotatable bonds is 4. The Balaban J connectivity index is -0.000000180. The van der Waals surface area contributed by atoms with Gasteiger partial charge < -0.3 is 0 Å². The van der Waals surface area contributed by atoms with Gasteiger partial charge in [-0.25, -0.2) is 0 Å². The fourth-order valence-electron chi connectivity index (χ4n) is 0.701. The predicted octanol–water partition coefficient (Wildman–Crippen LogP) is 1.11. The van der Waals surface area contributed by atoms with Crippen LogP contribution in [0.1, 0.15) is 40.5 Å². The summed E-state index contributed by atoms with van der Waals surface area (Å²) in [6.45, 7) is 5.62. The summed E-state index contributed by atoms with van der Waals surface area (Å²) in [5.74, 6) is -0.250.